The summed E-state index contributed by atoms with van der Waals surface area (Å²) in [6, 6.07) is 1.09. The van der Waals surface area contributed by atoms with Crippen molar-refractivity contribution in [3.63, 3.8) is 0 Å². The summed E-state index contributed by atoms with van der Waals surface area (Å²) >= 11 is 0. The molecule has 0 atom stereocenters. The summed E-state index contributed by atoms with van der Waals surface area (Å²) in [5.41, 5.74) is 0.435. The number of aromatic nitrogens is 1. The predicted molar refractivity (Wildman–Crippen MR) is 50.8 cm³/mol. The monoisotopic (exact) mass is 216 g/mol. The molecule has 0 saturated heterocycles. The molecule has 1 heterocycles. The SMILES string of the molecule is CNc1cc(C(F)(F)F)c2c(n1)CCC2. The molecule has 0 unspecified atom stereocenters. The molecule has 0 fully saturated rings. The van der Waals surface area contributed by atoms with Gasteiger partial charge >= 0.3 is 6.18 Å². The second kappa shape index (κ2) is 3.40. The Bertz CT molecular complexity index is 385. The number of rotatable bonds is 1. The molecule has 2 rings (SSSR count). The van der Waals surface area contributed by atoms with Crippen LogP contribution >= 0.6 is 0 Å². The summed E-state index contributed by atoms with van der Waals surface area (Å²) in [4.78, 5) is 4.13. The van der Waals surface area contributed by atoms with Crippen molar-refractivity contribution in [3.8, 4) is 0 Å². The van der Waals surface area contributed by atoms with Gasteiger partial charge in [-0.05, 0) is 30.9 Å². The van der Waals surface area contributed by atoms with E-state index in [2.05, 4.69) is 10.3 Å². The van der Waals surface area contributed by atoms with Crippen LogP contribution in [0.1, 0.15) is 23.2 Å². The Morgan fingerprint density at radius 3 is 2.67 bits per heavy atom. The van der Waals surface area contributed by atoms with Crippen LogP contribution in [0.4, 0.5) is 19.0 Å². The average molecular weight is 216 g/mol. The number of aryl methyl sites for hydroxylation is 1. The molecule has 1 aliphatic carbocycles. The fourth-order valence-electron chi connectivity index (χ4n) is 1.92. The van der Waals surface area contributed by atoms with Crippen molar-refractivity contribution >= 4 is 5.82 Å². The van der Waals surface area contributed by atoms with Gasteiger partial charge < -0.3 is 5.32 Å². The van der Waals surface area contributed by atoms with Crippen LogP contribution in [0.15, 0.2) is 6.07 Å². The standard InChI is InChI=1S/C10H11F3N2/c1-14-9-5-7(10(11,12)13)6-3-2-4-8(6)15-9/h5H,2-4H2,1H3,(H,14,15). The lowest BCUT2D eigenvalue weighted by Crippen LogP contribution is -2.11. The molecule has 1 aromatic rings. The van der Waals surface area contributed by atoms with Crippen LogP contribution < -0.4 is 5.32 Å². The highest BCUT2D eigenvalue weighted by molar-refractivity contribution is 5.47. The van der Waals surface area contributed by atoms with E-state index < -0.39 is 11.7 Å². The topological polar surface area (TPSA) is 24.9 Å². The van der Waals surface area contributed by atoms with Gasteiger partial charge in [-0.15, -0.1) is 0 Å². The third-order valence-electron chi connectivity index (χ3n) is 2.61. The molecule has 15 heavy (non-hydrogen) atoms. The van der Waals surface area contributed by atoms with Crippen LogP contribution in [0.2, 0.25) is 0 Å². The lowest BCUT2D eigenvalue weighted by Gasteiger charge is -2.13. The zero-order valence-electron chi connectivity index (χ0n) is 8.28. The number of alkyl halides is 3. The minimum absolute atomic E-state index is 0.294. The second-order valence-electron chi connectivity index (χ2n) is 3.58. The number of nitrogens with one attached hydrogen (secondary N) is 1. The fourth-order valence-corrected chi connectivity index (χ4v) is 1.92. The molecule has 0 radical (unpaired) electrons. The van der Waals surface area contributed by atoms with E-state index in [4.69, 9.17) is 0 Å². The molecule has 1 aromatic heterocycles. The lowest BCUT2D eigenvalue weighted by atomic mass is 10.1. The van der Waals surface area contributed by atoms with Crippen LogP contribution in [0.5, 0.6) is 0 Å². The Morgan fingerprint density at radius 1 is 1.33 bits per heavy atom. The highest BCUT2D eigenvalue weighted by Crippen LogP contribution is 2.37. The first kappa shape index (κ1) is 10.3. The highest BCUT2D eigenvalue weighted by Gasteiger charge is 2.36. The molecule has 2 nitrogen and oxygen atoms in total. The fraction of sp³-hybridized carbons (Fsp3) is 0.500. The Balaban J connectivity index is 2.57. The zero-order chi connectivity index (χ0) is 11.1. The van der Waals surface area contributed by atoms with Crippen LogP contribution in [0.25, 0.3) is 0 Å². The Kier molecular flexibility index (Phi) is 2.32. The second-order valence-corrected chi connectivity index (χ2v) is 3.58. The number of hydrogen-bond acceptors (Lipinski definition) is 2. The van der Waals surface area contributed by atoms with Crippen molar-refractivity contribution in [2.75, 3.05) is 12.4 Å². The van der Waals surface area contributed by atoms with Crippen LogP contribution in [-0.2, 0) is 19.0 Å². The van der Waals surface area contributed by atoms with Crippen LogP contribution in [0.3, 0.4) is 0 Å². The summed E-state index contributed by atoms with van der Waals surface area (Å²) in [5.74, 6) is 0.294. The van der Waals surface area contributed by atoms with Crippen molar-refractivity contribution in [2.45, 2.75) is 25.4 Å². The molecule has 1 N–H and O–H groups in total. The largest absolute Gasteiger partial charge is 0.416 e. The first-order valence-electron chi connectivity index (χ1n) is 4.80. The first-order chi connectivity index (χ1) is 7.02. The molecular weight excluding hydrogens is 205 g/mol. The molecule has 0 amide bonds. The number of fused-ring (bicyclic) bond motifs is 1. The maximum Gasteiger partial charge on any atom is 0.416 e. The molecule has 1 aliphatic rings. The third kappa shape index (κ3) is 1.78. The van der Waals surface area contributed by atoms with Crippen molar-refractivity contribution < 1.29 is 13.2 Å². The van der Waals surface area contributed by atoms with Gasteiger partial charge in [0.15, 0.2) is 0 Å². The molecule has 82 valence electrons. The molecule has 0 aromatic carbocycles. The number of hydrogen-bond donors (Lipinski definition) is 1. The van der Waals surface area contributed by atoms with Gasteiger partial charge in [0.05, 0.1) is 5.56 Å². The van der Waals surface area contributed by atoms with Crippen molar-refractivity contribution in [2.24, 2.45) is 0 Å². The van der Waals surface area contributed by atoms with Gasteiger partial charge in [0.2, 0.25) is 0 Å². The van der Waals surface area contributed by atoms with Gasteiger partial charge in [0.1, 0.15) is 5.82 Å². The van der Waals surface area contributed by atoms with Gasteiger partial charge in [-0.2, -0.15) is 13.2 Å². The van der Waals surface area contributed by atoms with E-state index in [-0.39, 0.29) is 0 Å². The summed E-state index contributed by atoms with van der Waals surface area (Å²) < 4.78 is 38.1. The van der Waals surface area contributed by atoms with Gasteiger partial charge in [-0.3, -0.25) is 0 Å². The Morgan fingerprint density at radius 2 is 2.07 bits per heavy atom. The van der Waals surface area contributed by atoms with E-state index >= 15 is 0 Å². The quantitative estimate of drug-likeness (QED) is 0.780. The zero-order valence-corrected chi connectivity index (χ0v) is 8.28. The molecule has 0 aliphatic heterocycles. The van der Waals surface area contributed by atoms with Gasteiger partial charge in [-0.25, -0.2) is 4.98 Å². The van der Waals surface area contributed by atoms with Crippen molar-refractivity contribution in [1.82, 2.24) is 4.98 Å². The van der Waals surface area contributed by atoms with E-state index in [1.807, 2.05) is 0 Å². The third-order valence-corrected chi connectivity index (χ3v) is 2.61. The first-order valence-corrected chi connectivity index (χ1v) is 4.80. The van der Waals surface area contributed by atoms with Gasteiger partial charge in [-0.1, -0.05) is 0 Å². The van der Waals surface area contributed by atoms with E-state index in [1.54, 1.807) is 7.05 Å². The van der Waals surface area contributed by atoms with Gasteiger partial charge in [0, 0.05) is 12.7 Å². The molecule has 0 bridgehead atoms. The smallest absolute Gasteiger partial charge is 0.373 e. The summed E-state index contributed by atoms with van der Waals surface area (Å²) in [7, 11) is 1.57. The number of halogens is 3. The predicted octanol–water partition coefficient (Wildman–Crippen LogP) is 2.63. The maximum absolute atomic E-state index is 12.7. The number of anilines is 1. The van der Waals surface area contributed by atoms with Crippen molar-refractivity contribution in [3.05, 3.63) is 22.9 Å². The average Bonchev–Trinajstić information content (AvgIpc) is 2.61. The van der Waals surface area contributed by atoms with Crippen molar-refractivity contribution in [1.29, 1.82) is 0 Å². The summed E-state index contributed by atoms with van der Waals surface area (Å²) in [5, 5.41) is 2.66. The lowest BCUT2D eigenvalue weighted by molar-refractivity contribution is -0.138. The minimum Gasteiger partial charge on any atom is -0.373 e. The molecule has 0 saturated carbocycles. The van der Waals surface area contributed by atoms with Crippen LogP contribution in [0, 0.1) is 0 Å². The van der Waals surface area contributed by atoms with Gasteiger partial charge in [0.25, 0.3) is 0 Å². The Labute approximate surface area is 85.5 Å². The summed E-state index contributed by atoms with van der Waals surface area (Å²) in [6.07, 6.45) is -2.38. The minimum atomic E-state index is -4.27. The molecule has 5 heteroatoms. The number of nitrogens with zero attached hydrogens (tertiary/aromatic N) is 1. The molecular formula is C10H11F3N2. The van der Waals surface area contributed by atoms with E-state index in [1.165, 1.54) is 0 Å². The highest BCUT2D eigenvalue weighted by atomic mass is 19.4. The van der Waals surface area contributed by atoms with E-state index in [0.29, 0.717) is 29.9 Å². The summed E-state index contributed by atoms with van der Waals surface area (Å²) in [6.45, 7) is 0. The number of pyridine rings is 1. The molecule has 0 spiro atoms. The van der Waals surface area contributed by atoms with E-state index in [0.717, 1.165) is 12.5 Å². The van der Waals surface area contributed by atoms with Crippen LogP contribution in [-0.4, -0.2) is 12.0 Å². The Hall–Kier alpha value is -1.26. The maximum atomic E-state index is 12.7. The van der Waals surface area contributed by atoms with E-state index in [9.17, 15) is 13.2 Å². The normalized spacial score (nSPS) is 15.2.